The van der Waals surface area contributed by atoms with Crippen LogP contribution in [0.1, 0.15) is 36.6 Å². The molecule has 2 aromatic carbocycles. The summed E-state index contributed by atoms with van der Waals surface area (Å²) < 4.78 is 7.64. The number of aryl methyl sites for hydroxylation is 1. The topological polar surface area (TPSA) is 101 Å². The van der Waals surface area contributed by atoms with Crippen LogP contribution in [0, 0.1) is 30.6 Å². The Morgan fingerprint density at radius 3 is 2.57 bits per heavy atom. The fourth-order valence-electron chi connectivity index (χ4n) is 3.67. The summed E-state index contributed by atoms with van der Waals surface area (Å²) in [6.07, 6.45) is 10.4. The third kappa shape index (κ3) is 4.92. The molecule has 0 unspecified atom stereocenters. The van der Waals surface area contributed by atoms with E-state index in [4.69, 9.17) is 26.4 Å². The number of methoxy groups -OCH3 is 1. The fourth-order valence-corrected chi connectivity index (χ4v) is 3.67. The van der Waals surface area contributed by atoms with Crippen LogP contribution in [0.3, 0.4) is 0 Å². The minimum absolute atomic E-state index is 0.160. The SMILES string of the molecule is C#Cc1ccc(Nc2nc(Nc3c(C)cc(/C=C/C#N)cc3OC)c3ncn(C(C)C)c3n2)cc1. The molecule has 0 aliphatic carbocycles. The minimum Gasteiger partial charge on any atom is -0.495 e. The van der Waals surface area contributed by atoms with Gasteiger partial charge in [0.25, 0.3) is 0 Å². The van der Waals surface area contributed by atoms with Gasteiger partial charge in [-0.05, 0) is 74.4 Å². The normalized spacial score (nSPS) is 10.9. The maximum Gasteiger partial charge on any atom is 0.231 e. The zero-order valence-corrected chi connectivity index (χ0v) is 20.0. The van der Waals surface area contributed by atoms with Crippen molar-refractivity contribution in [2.75, 3.05) is 17.7 Å². The zero-order chi connectivity index (χ0) is 24.9. The van der Waals surface area contributed by atoms with Gasteiger partial charge in [-0.15, -0.1) is 6.42 Å². The largest absolute Gasteiger partial charge is 0.495 e. The van der Waals surface area contributed by atoms with E-state index in [1.165, 1.54) is 6.08 Å². The van der Waals surface area contributed by atoms with Crippen LogP contribution < -0.4 is 15.4 Å². The number of aromatic nitrogens is 4. The first-order valence-corrected chi connectivity index (χ1v) is 11.0. The molecule has 0 aliphatic rings. The Morgan fingerprint density at radius 2 is 1.91 bits per heavy atom. The van der Waals surface area contributed by atoms with Crippen molar-refractivity contribution in [1.82, 2.24) is 19.5 Å². The monoisotopic (exact) mass is 463 g/mol. The molecule has 2 aromatic heterocycles. The maximum absolute atomic E-state index is 8.85. The number of anilines is 4. The van der Waals surface area contributed by atoms with E-state index < -0.39 is 0 Å². The molecule has 0 atom stereocenters. The van der Waals surface area contributed by atoms with E-state index in [2.05, 4.69) is 35.4 Å². The standard InChI is InChI=1S/C27H25N7O/c1-6-19-9-11-21(12-10-19)30-27-32-25(24-26(33-27)34(16-29-24)17(2)3)31-23-18(4)14-20(8-7-13-28)15-22(23)35-5/h1,7-12,14-17H,2-5H3,(H2,30,31,32,33)/b8-7+. The molecule has 4 aromatic rings. The molecule has 4 rings (SSSR count). The lowest BCUT2D eigenvalue weighted by Gasteiger charge is -2.16. The molecular weight excluding hydrogens is 438 g/mol. The van der Waals surface area contributed by atoms with Gasteiger partial charge in [-0.1, -0.05) is 5.92 Å². The van der Waals surface area contributed by atoms with E-state index in [0.29, 0.717) is 28.7 Å². The van der Waals surface area contributed by atoms with Crippen molar-refractivity contribution in [3.63, 3.8) is 0 Å². The van der Waals surface area contributed by atoms with Gasteiger partial charge in [0.1, 0.15) is 5.75 Å². The van der Waals surface area contributed by atoms with Crippen LogP contribution >= 0.6 is 0 Å². The lowest BCUT2D eigenvalue weighted by molar-refractivity contribution is 0.416. The number of imidazole rings is 1. The number of hydrogen-bond donors (Lipinski definition) is 2. The number of hydrogen-bond acceptors (Lipinski definition) is 7. The first-order valence-electron chi connectivity index (χ1n) is 11.0. The van der Waals surface area contributed by atoms with Gasteiger partial charge in [-0.2, -0.15) is 15.2 Å². The Bertz CT molecular complexity index is 1490. The molecule has 2 heterocycles. The second-order valence-electron chi connectivity index (χ2n) is 8.16. The highest BCUT2D eigenvalue weighted by Crippen LogP contribution is 2.35. The Balaban J connectivity index is 1.80. The van der Waals surface area contributed by atoms with Crippen molar-refractivity contribution in [3.8, 4) is 24.2 Å². The van der Waals surface area contributed by atoms with Crippen LogP contribution in [0.2, 0.25) is 0 Å². The molecule has 0 aliphatic heterocycles. The quantitative estimate of drug-likeness (QED) is 0.267. The lowest BCUT2D eigenvalue weighted by Crippen LogP contribution is -2.06. The molecule has 0 radical (unpaired) electrons. The Hall–Kier alpha value is -4.82. The summed E-state index contributed by atoms with van der Waals surface area (Å²) in [5.41, 5.74) is 5.49. The van der Waals surface area contributed by atoms with Gasteiger partial charge in [0.2, 0.25) is 5.95 Å². The highest BCUT2D eigenvalue weighted by Gasteiger charge is 2.18. The van der Waals surface area contributed by atoms with Gasteiger partial charge >= 0.3 is 0 Å². The zero-order valence-electron chi connectivity index (χ0n) is 20.0. The van der Waals surface area contributed by atoms with Gasteiger partial charge in [0.15, 0.2) is 17.0 Å². The van der Waals surface area contributed by atoms with Crippen LogP contribution in [0.4, 0.5) is 23.1 Å². The average Bonchev–Trinajstić information content (AvgIpc) is 3.29. The van der Waals surface area contributed by atoms with Crippen LogP contribution in [0.5, 0.6) is 5.75 Å². The minimum atomic E-state index is 0.160. The van der Waals surface area contributed by atoms with E-state index >= 15 is 0 Å². The molecule has 0 bridgehead atoms. The summed E-state index contributed by atoms with van der Waals surface area (Å²) in [6, 6.07) is 13.5. The van der Waals surface area contributed by atoms with Gasteiger partial charge in [0.05, 0.1) is 25.2 Å². The lowest BCUT2D eigenvalue weighted by atomic mass is 10.1. The van der Waals surface area contributed by atoms with Gasteiger partial charge in [0, 0.05) is 23.4 Å². The number of terminal acetylenes is 1. The van der Waals surface area contributed by atoms with E-state index in [0.717, 1.165) is 28.1 Å². The predicted molar refractivity (Wildman–Crippen MR) is 139 cm³/mol. The number of fused-ring (bicyclic) bond motifs is 1. The summed E-state index contributed by atoms with van der Waals surface area (Å²) in [4.78, 5) is 14.1. The van der Waals surface area contributed by atoms with Crippen molar-refractivity contribution < 1.29 is 4.74 Å². The van der Waals surface area contributed by atoms with E-state index in [-0.39, 0.29) is 6.04 Å². The third-order valence-corrected chi connectivity index (χ3v) is 5.42. The Kier molecular flexibility index (Phi) is 6.66. The summed E-state index contributed by atoms with van der Waals surface area (Å²) in [7, 11) is 1.60. The number of nitrogens with zero attached hydrogens (tertiary/aromatic N) is 5. The fraction of sp³-hybridized carbons (Fsp3) is 0.185. The molecule has 0 amide bonds. The molecule has 8 nitrogen and oxygen atoms in total. The number of nitrogens with one attached hydrogen (secondary N) is 2. The highest BCUT2D eigenvalue weighted by molar-refractivity contribution is 5.88. The summed E-state index contributed by atoms with van der Waals surface area (Å²) >= 11 is 0. The van der Waals surface area contributed by atoms with Crippen molar-refractivity contribution in [2.24, 2.45) is 0 Å². The van der Waals surface area contributed by atoms with Crippen molar-refractivity contribution >= 4 is 40.4 Å². The number of ether oxygens (including phenoxy) is 1. The number of rotatable bonds is 7. The molecule has 8 heteroatoms. The van der Waals surface area contributed by atoms with Crippen molar-refractivity contribution in [3.05, 3.63) is 65.5 Å². The summed E-state index contributed by atoms with van der Waals surface area (Å²) in [5, 5.41) is 15.5. The first-order chi connectivity index (χ1) is 16.9. The maximum atomic E-state index is 8.85. The van der Waals surface area contributed by atoms with Crippen LogP contribution in [-0.4, -0.2) is 26.6 Å². The van der Waals surface area contributed by atoms with Gasteiger partial charge < -0.3 is 19.9 Å². The number of allylic oxidation sites excluding steroid dienone is 1. The predicted octanol–water partition coefficient (Wildman–Crippen LogP) is 5.73. The Morgan fingerprint density at radius 1 is 1.14 bits per heavy atom. The second-order valence-corrected chi connectivity index (χ2v) is 8.16. The smallest absolute Gasteiger partial charge is 0.231 e. The van der Waals surface area contributed by atoms with Crippen molar-refractivity contribution in [2.45, 2.75) is 26.8 Å². The molecule has 174 valence electrons. The first kappa shape index (κ1) is 23.3. The third-order valence-electron chi connectivity index (χ3n) is 5.42. The summed E-state index contributed by atoms with van der Waals surface area (Å²) in [6.45, 7) is 6.11. The van der Waals surface area contributed by atoms with Gasteiger partial charge in [-0.25, -0.2) is 4.98 Å². The molecular formula is C27H25N7O. The Labute approximate surface area is 204 Å². The molecule has 0 saturated heterocycles. The van der Waals surface area contributed by atoms with E-state index in [1.54, 1.807) is 19.5 Å². The molecule has 0 fully saturated rings. The van der Waals surface area contributed by atoms with Crippen LogP contribution in [-0.2, 0) is 0 Å². The summed E-state index contributed by atoms with van der Waals surface area (Å²) in [5.74, 6) is 4.19. The van der Waals surface area contributed by atoms with Crippen molar-refractivity contribution in [1.29, 1.82) is 5.26 Å². The van der Waals surface area contributed by atoms with Crippen LogP contribution in [0.15, 0.2) is 48.8 Å². The van der Waals surface area contributed by atoms with E-state index in [1.807, 2.05) is 54.0 Å². The van der Waals surface area contributed by atoms with Crippen LogP contribution in [0.25, 0.3) is 17.2 Å². The molecule has 35 heavy (non-hydrogen) atoms. The molecule has 2 N–H and O–H groups in total. The molecule has 0 spiro atoms. The number of benzene rings is 2. The second kappa shape index (κ2) is 9.98. The molecule has 0 saturated carbocycles. The number of nitriles is 1. The highest BCUT2D eigenvalue weighted by atomic mass is 16.5. The van der Waals surface area contributed by atoms with E-state index in [9.17, 15) is 0 Å². The van der Waals surface area contributed by atoms with Gasteiger partial charge in [-0.3, -0.25) is 0 Å². The average molecular weight is 464 g/mol.